The lowest BCUT2D eigenvalue weighted by Crippen LogP contribution is -2.35. The molecule has 4 nitrogen and oxygen atoms in total. The Morgan fingerprint density at radius 3 is 2.68 bits per heavy atom. The predicted octanol–water partition coefficient (Wildman–Crippen LogP) is 5.17. The summed E-state index contributed by atoms with van der Waals surface area (Å²) in [5.41, 5.74) is 2.12. The van der Waals surface area contributed by atoms with Crippen molar-refractivity contribution in [3.63, 3.8) is 0 Å². The topological polar surface area (TPSA) is 59.2 Å². The van der Waals surface area contributed by atoms with Crippen LogP contribution in [0, 0.1) is 29.6 Å². The van der Waals surface area contributed by atoms with Crippen LogP contribution in [0.15, 0.2) is 30.5 Å². The average molecular weight is 384 g/mol. The highest BCUT2D eigenvalue weighted by molar-refractivity contribution is 5.88. The lowest BCUT2D eigenvalue weighted by atomic mass is 9.67. The van der Waals surface area contributed by atoms with Crippen molar-refractivity contribution in [2.45, 2.75) is 52.9 Å². The first-order valence-corrected chi connectivity index (χ1v) is 10.6. The van der Waals surface area contributed by atoms with Crippen LogP contribution in [-0.2, 0) is 20.7 Å². The van der Waals surface area contributed by atoms with Crippen LogP contribution in [0.1, 0.15) is 52.0 Å². The number of esters is 1. The molecule has 4 atom stereocenters. The second-order valence-corrected chi connectivity index (χ2v) is 8.89. The summed E-state index contributed by atoms with van der Waals surface area (Å²) < 4.78 is 5.06. The second kappa shape index (κ2) is 8.93. The fourth-order valence-corrected chi connectivity index (χ4v) is 4.94. The van der Waals surface area contributed by atoms with Gasteiger partial charge in [-0.05, 0) is 48.6 Å². The Balaban J connectivity index is 1.78. The van der Waals surface area contributed by atoms with Crippen molar-refractivity contribution in [3.8, 4) is 0 Å². The summed E-state index contributed by atoms with van der Waals surface area (Å²) in [4.78, 5) is 29.0. The number of ketones is 1. The summed E-state index contributed by atoms with van der Waals surface area (Å²) in [6, 6.07) is 8.05. The van der Waals surface area contributed by atoms with Crippen molar-refractivity contribution in [1.29, 1.82) is 0 Å². The summed E-state index contributed by atoms with van der Waals surface area (Å²) >= 11 is 0. The highest BCUT2D eigenvalue weighted by Gasteiger charge is 2.37. The number of fused-ring (bicyclic) bond motifs is 1. The first-order chi connectivity index (χ1) is 13.4. The van der Waals surface area contributed by atoms with Crippen LogP contribution in [0.5, 0.6) is 0 Å². The van der Waals surface area contributed by atoms with E-state index in [1.807, 2.05) is 24.4 Å². The van der Waals surface area contributed by atoms with Gasteiger partial charge in [0.2, 0.25) is 0 Å². The number of rotatable bonds is 7. The molecule has 0 spiro atoms. The molecule has 1 fully saturated rings. The molecule has 0 unspecified atom stereocenters. The Labute approximate surface area is 168 Å². The fraction of sp³-hybridized carbons (Fsp3) is 0.583. The van der Waals surface area contributed by atoms with Crippen LogP contribution in [0.3, 0.4) is 0 Å². The maximum absolute atomic E-state index is 13.3. The Morgan fingerprint density at radius 1 is 1.21 bits per heavy atom. The van der Waals surface area contributed by atoms with Gasteiger partial charge in [-0.3, -0.25) is 9.59 Å². The lowest BCUT2D eigenvalue weighted by molar-refractivity contribution is -0.148. The molecule has 1 aliphatic carbocycles. The van der Waals surface area contributed by atoms with E-state index in [9.17, 15) is 9.59 Å². The van der Waals surface area contributed by atoms with Crippen molar-refractivity contribution in [1.82, 2.24) is 4.98 Å². The van der Waals surface area contributed by atoms with Gasteiger partial charge in [-0.15, -0.1) is 0 Å². The van der Waals surface area contributed by atoms with Crippen LogP contribution < -0.4 is 0 Å². The minimum Gasteiger partial charge on any atom is -0.469 e. The molecule has 0 radical (unpaired) electrons. The van der Waals surface area contributed by atoms with Crippen molar-refractivity contribution in [2.75, 3.05) is 7.11 Å². The van der Waals surface area contributed by atoms with E-state index >= 15 is 0 Å². The molecule has 2 aromatic rings. The minimum absolute atomic E-state index is 0.0684. The number of aromatic nitrogens is 1. The molecule has 4 heteroatoms. The highest BCUT2D eigenvalue weighted by Crippen LogP contribution is 2.39. The van der Waals surface area contributed by atoms with Crippen LogP contribution in [0.25, 0.3) is 10.9 Å². The monoisotopic (exact) mass is 383 g/mol. The maximum atomic E-state index is 13.3. The molecule has 1 saturated carbocycles. The maximum Gasteiger partial charge on any atom is 0.309 e. The molecule has 0 saturated heterocycles. The van der Waals surface area contributed by atoms with Gasteiger partial charge >= 0.3 is 5.97 Å². The summed E-state index contributed by atoms with van der Waals surface area (Å²) in [5, 5.41) is 1.11. The van der Waals surface area contributed by atoms with Crippen molar-refractivity contribution < 1.29 is 14.3 Å². The van der Waals surface area contributed by atoms with E-state index in [-0.39, 0.29) is 24.1 Å². The number of ether oxygens (including phenoxy) is 1. The number of H-pyrrole nitrogens is 1. The number of aromatic amines is 1. The van der Waals surface area contributed by atoms with Gasteiger partial charge in [-0.2, -0.15) is 0 Å². The number of benzene rings is 1. The number of carbonyl (C=O) groups is 2. The largest absolute Gasteiger partial charge is 0.469 e. The highest BCUT2D eigenvalue weighted by atomic mass is 16.5. The van der Waals surface area contributed by atoms with Gasteiger partial charge in [0.05, 0.1) is 13.0 Å². The van der Waals surface area contributed by atoms with E-state index in [1.165, 1.54) is 13.5 Å². The molecular weight excluding hydrogens is 350 g/mol. The van der Waals surface area contributed by atoms with Gasteiger partial charge in [0, 0.05) is 29.4 Å². The van der Waals surface area contributed by atoms with E-state index in [4.69, 9.17) is 4.74 Å². The lowest BCUT2D eigenvalue weighted by Gasteiger charge is -2.37. The summed E-state index contributed by atoms with van der Waals surface area (Å²) in [7, 11) is 1.41. The Kier molecular flexibility index (Phi) is 6.58. The zero-order valence-corrected chi connectivity index (χ0v) is 17.5. The quantitative estimate of drug-likeness (QED) is 0.671. The number of carbonyl (C=O) groups excluding carboxylic acids is 2. The zero-order valence-electron chi connectivity index (χ0n) is 17.5. The number of Topliss-reactive ketones (excluding diaryl/α,β-unsaturated/α-hetero) is 1. The second-order valence-electron chi connectivity index (χ2n) is 8.89. The van der Waals surface area contributed by atoms with Gasteiger partial charge < -0.3 is 9.72 Å². The Hall–Kier alpha value is -2.10. The third-order valence-corrected chi connectivity index (χ3v) is 6.56. The third kappa shape index (κ3) is 4.48. The van der Waals surface area contributed by atoms with Gasteiger partial charge in [-0.25, -0.2) is 0 Å². The third-order valence-electron chi connectivity index (χ3n) is 6.56. The smallest absolute Gasteiger partial charge is 0.309 e. The molecule has 1 aromatic heterocycles. The first kappa shape index (κ1) is 20.6. The van der Waals surface area contributed by atoms with Gasteiger partial charge in [0.15, 0.2) is 0 Å². The van der Waals surface area contributed by atoms with E-state index in [0.29, 0.717) is 24.2 Å². The average Bonchev–Trinajstić information content (AvgIpc) is 3.09. The van der Waals surface area contributed by atoms with Crippen LogP contribution in [-0.4, -0.2) is 23.8 Å². The van der Waals surface area contributed by atoms with Gasteiger partial charge in [0.25, 0.3) is 0 Å². The van der Waals surface area contributed by atoms with Crippen molar-refractivity contribution in [3.05, 3.63) is 36.0 Å². The Bertz CT molecular complexity index is 822. The molecule has 0 aliphatic heterocycles. The minimum atomic E-state index is -0.429. The molecule has 0 bridgehead atoms. The first-order valence-electron chi connectivity index (χ1n) is 10.6. The molecular formula is C24H33NO3. The van der Waals surface area contributed by atoms with Crippen LogP contribution in [0.2, 0.25) is 0 Å². The van der Waals surface area contributed by atoms with Crippen LogP contribution in [0.4, 0.5) is 0 Å². The number of hydrogen-bond donors (Lipinski definition) is 1. The Morgan fingerprint density at radius 2 is 1.96 bits per heavy atom. The molecule has 152 valence electrons. The summed E-state index contributed by atoms with van der Waals surface area (Å²) in [6.07, 6.45) is 6.00. The number of hydrogen-bond acceptors (Lipinski definition) is 3. The SMILES string of the molecule is COC(=O)[C@@H](CC(=O)[C@@H]1C[C@H](C)CC[C@H]1C(C)C)Cc1c[nH]c2ccccc12. The van der Waals surface area contributed by atoms with Crippen LogP contribution >= 0.6 is 0 Å². The van der Waals surface area contributed by atoms with E-state index < -0.39 is 5.92 Å². The normalized spacial score (nSPS) is 23.7. The van der Waals surface area contributed by atoms with Gasteiger partial charge in [-0.1, -0.05) is 45.4 Å². The van der Waals surface area contributed by atoms with Crippen molar-refractivity contribution in [2.24, 2.45) is 29.6 Å². The predicted molar refractivity (Wildman–Crippen MR) is 112 cm³/mol. The molecule has 1 aromatic carbocycles. The van der Waals surface area contributed by atoms with E-state index in [1.54, 1.807) is 0 Å². The molecule has 0 amide bonds. The number of para-hydroxylation sites is 1. The molecule has 3 rings (SSSR count). The summed E-state index contributed by atoms with van der Waals surface area (Å²) in [5.74, 6) is 1.08. The number of nitrogens with one attached hydrogen (secondary N) is 1. The fourth-order valence-electron chi connectivity index (χ4n) is 4.94. The molecule has 28 heavy (non-hydrogen) atoms. The molecule has 1 aliphatic rings. The van der Waals surface area contributed by atoms with E-state index in [0.717, 1.165) is 29.3 Å². The standard InChI is InChI=1S/C24H33NO3/c1-15(2)19-10-9-16(3)11-21(19)23(26)13-17(24(27)28-4)12-18-14-25-22-8-6-5-7-20(18)22/h5-8,14-17,19,21,25H,9-13H2,1-4H3/t16-,17-,19+,21-/m1/s1. The number of methoxy groups -OCH3 is 1. The summed E-state index contributed by atoms with van der Waals surface area (Å²) in [6.45, 7) is 6.66. The molecule has 1 N–H and O–H groups in total. The molecule has 1 heterocycles. The van der Waals surface area contributed by atoms with E-state index in [2.05, 4.69) is 31.8 Å². The van der Waals surface area contributed by atoms with Crippen molar-refractivity contribution >= 4 is 22.7 Å². The zero-order chi connectivity index (χ0) is 20.3. The van der Waals surface area contributed by atoms with Gasteiger partial charge in [0.1, 0.15) is 5.78 Å².